The molecule has 0 aromatic heterocycles. The summed E-state index contributed by atoms with van der Waals surface area (Å²) in [4.78, 5) is 22.1. The smallest absolute Gasteiger partial charge is 0.329 e. The van der Waals surface area contributed by atoms with Gasteiger partial charge in [-0.15, -0.1) is 0 Å². The Labute approximate surface area is 115 Å². The summed E-state index contributed by atoms with van der Waals surface area (Å²) in [5.41, 5.74) is 0.862. The zero-order valence-electron chi connectivity index (χ0n) is 10.8. The molecule has 0 radical (unpaired) electrons. The van der Waals surface area contributed by atoms with E-state index in [2.05, 4.69) is 10.6 Å². The van der Waals surface area contributed by atoms with Crippen LogP contribution in [-0.2, 0) is 14.3 Å². The highest BCUT2D eigenvalue weighted by Crippen LogP contribution is 2.27. The minimum Gasteiger partial charge on any atom is -0.480 e. The maximum Gasteiger partial charge on any atom is 0.329 e. The molecule has 1 amide bonds. The van der Waals surface area contributed by atoms with Gasteiger partial charge in [0.25, 0.3) is 5.91 Å². The molecule has 1 aliphatic heterocycles. The lowest BCUT2D eigenvalue weighted by Gasteiger charge is -2.26. The summed E-state index contributed by atoms with van der Waals surface area (Å²) in [6.07, 6.45) is -0.607. The summed E-state index contributed by atoms with van der Waals surface area (Å²) >= 11 is 0. The molecule has 0 aliphatic carbocycles. The Hall–Kier alpha value is -2.28. The highest BCUT2D eigenvalue weighted by atomic mass is 16.5. The quantitative estimate of drug-likeness (QED) is 0.638. The molecule has 108 valence electrons. The van der Waals surface area contributed by atoms with Crippen LogP contribution in [0.2, 0.25) is 0 Å². The first-order valence-corrected chi connectivity index (χ1v) is 6.23. The van der Waals surface area contributed by atoms with E-state index >= 15 is 0 Å². The fourth-order valence-corrected chi connectivity index (χ4v) is 1.78. The number of rotatable bonds is 6. The van der Waals surface area contributed by atoms with Crippen molar-refractivity contribution < 1.29 is 24.2 Å². The van der Waals surface area contributed by atoms with Gasteiger partial charge in [0.15, 0.2) is 6.10 Å². The zero-order valence-corrected chi connectivity index (χ0v) is 10.8. The van der Waals surface area contributed by atoms with E-state index in [0.29, 0.717) is 12.3 Å². The molecule has 1 atom stereocenters. The lowest BCUT2D eigenvalue weighted by Crippen LogP contribution is -2.45. The van der Waals surface area contributed by atoms with Crippen LogP contribution < -0.4 is 15.4 Å². The first-order chi connectivity index (χ1) is 9.66. The molecule has 1 aliphatic rings. The molecular formula is C13H16N2O5. The monoisotopic (exact) mass is 280 g/mol. The van der Waals surface area contributed by atoms with Crippen LogP contribution in [0.15, 0.2) is 24.3 Å². The lowest BCUT2D eigenvalue weighted by molar-refractivity contribution is -0.142. The van der Waals surface area contributed by atoms with Crippen molar-refractivity contribution in [2.75, 3.05) is 31.6 Å². The minimum absolute atomic E-state index is 0.148. The van der Waals surface area contributed by atoms with Crippen LogP contribution in [0.5, 0.6) is 5.75 Å². The third kappa shape index (κ3) is 3.86. The maximum absolute atomic E-state index is 11.9. The van der Waals surface area contributed by atoms with Gasteiger partial charge in [-0.25, -0.2) is 4.79 Å². The van der Waals surface area contributed by atoms with Gasteiger partial charge in [-0.05, 0) is 12.1 Å². The average Bonchev–Trinajstić information content (AvgIpc) is 2.46. The number of hydrogen-bond donors (Lipinski definition) is 3. The van der Waals surface area contributed by atoms with Crippen molar-refractivity contribution in [3.8, 4) is 5.75 Å². The van der Waals surface area contributed by atoms with Crippen LogP contribution in [0.3, 0.4) is 0 Å². The molecule has 0 fully saturated rings. The predicted molar refractivity (Wildman–Crippen MR) is 70.8 cm³/mol. The van der Waals surface area contributed by atoms with Crippen molar-refractivity contribution in [1.29, 1.82) is 0 Å². The summed E-state index contributed by atoms with van der Waals surface area (Å²) in [6, 6.07) is 7.39. The van der Waals surface area contributed by atoms with Gasteiger partial charge in [0.1, 0.15) is 12.4 Å². The van der Waals surface area contributed by atoms with E-state index in [1.165, 1.54) is 0 Å². The number of carboxylic acids is 1. The van der Waals surface area contributed by atoms with E-state index in [-0.39, 0.29) is 25.7 Å². The van der Waals surface area contributed by atoms with Gasteiger partial charge < -0.3 is 25.2 Å². The number of para-hydroxylation sites is 2. The van der Waals surface area contributed by atoms with E-state index in [1.54, 1.807) is 6.07 Å². The Kier molecular flexibility index (Phi) is 4.78. The summed E-state index contributed by atoms with van der Waals surface area (Å²) in [5.74, 6) is -0.653. The molecular weight excluding hydrogens is 264 g/mol. The number of benzene rings is 1. The Morgan fingerprint density at radius 2 is 2.25 bits per heavy atom. The van der Waals surface area contributed by atoms with Gasteiger partial charge in [-0.1, -0.05) is 12.1 Å². The number of ether oxygens (including phenoxy) is 2. The molecule has 7 heteroatoms. The number of anilines is 1. The van der Waals surface area contributed by atoms with Crippen LogP contribution in [0.4, 0.5) is 5.69 Å². The van der Waals surface area contributed by atoms with Gasteiger partial charge >= 0.3 is 5.97 Å². The molecule has 3 N–H and O–H groups in total. The average molecular weight is 280 g/mol. The van der Waals surface area contributed by atoms with E-state index in [9.17, 15) is 9.59 Å². The Morgan fingerprint density at radius 1 is 1.45 bits per heavy atom. The highest BCUT2D eigenvalue weighted by Gasteiger charge is 2.25. The SMILES string of the molecule is O=C(O)COCCNC(=O)C1CNc2ccccc2O1. The third-order valence-electron chi connectivity index (χ3n) is 2.70. The fraction of sp³-hybridized carbons (Fsp3) is 0.385. The molecule has 0 spiro atoms. The first-order valence-electron chi connectivity index (χ1n) is 6.23. The molecule has 20 heavy (non-hydrogen) atoms. The largest absolute Gasteiger partial charge is 0.480 e. The molecule has 2 rings (SSSR count). The zero-order chi connectivity index (χ0) is 14.4. The first kappa shape index (κ1) is 14.1. The van der Waals surface area contributed by atoms with Crippen molar-refractivity contribution >= 4 is 17.6 Å². The van der Waals surface area contributed by atoms with Gasteiger partial charge in [0.05, 0.1) is 18.8 Å². The molecule has 7 nitrogen and oxygen atoms in total. The van der Waals surface area contributed by atoms with E-state index < -0.39 is 12.1 Å². The van der Waals surface area contributed by atoms with Crippen molar-refractivity contribution in [2.24, 2.45) is 0 Å². The number of nitrogens with one attached hydrogen (secondary N) is 2. The number of aliphatic carboxylic acids is 1. The number of carboxylic acid groups (broad SMARTS) is 1. The van der Waals surface area contributed by atoms with Gasteiger partial charge in [-0.2, -0.15) is 0 Å². The van der Waals surface area contributed by atoms with Crippen molar-refractivity contribution in [2.45, 2.75) is 6.10 Å². The number of carbonyl (C=O) groups excluding carboxylic acids is 1. The van der Waals surface area contributed by atoms with Crippen LogP contribution in [0, 0.1) is 0 Å². The number of fused-ring (bicyclic) bond motifs is 1. The maximum atomic E-state index is 11.9. The third-order valence-corrected chi connectivity index (χ3v) is 2.70. The molecule has 1 heterocycles. The highest BCUT2D eigenvalue weighted by molar-refractivity contribution is 5.83. The standard InChI is InChI=1S/C13H16N2O5/c16-12(17)8-19-6-5-14-13(18)11-7-15-9-3-1-2-4-10(9)20-11/h1-4,11,15H,5-8H2,(H,14,18)(H,16,17). The van der Waals surface area contributed by atoms with Crippen molar-refractivity contribution in [3.05, 3.63) is 24.3 Å². The van der Waals surface area contributed by atoms with Crippen LogP contribution in [0.25, 0.3) is 0 Å². The van der Waals surface area contributed by atoms with E-state index in [4.69, 9.17) is 14.6 Å². The molecule has 1 aromatic rings. The molecule has 0 bridgehead atoms. The Balaban J connectivity index is 1.73. The topological polar surface area (TPSA) is 96.9 Å². The van der Waals surface area contributed by atoms with Gasteiger partial charge in [0, 0.05) is 6.54 Å². The predicted octanol–water partition coefficient (Wildman–Crippen LogP) is 0.0769. The molecule has 0 saturated carbocycles. The van der Waals surface area contributed by atoms with Crippen molar-refractivity contribution in [1.82, 2.24) is 5.32 Å². The summed E-state index contributed by atoms with van der Waals surface area (Å²) in [5, 5.41) is 14.1. The second-order valence-electron chi connectivity index (χ2n) is 4.22. The summed E-state index contributed by atoms with van der Waals surface area (Å²) in [6.45, 7) is 0.409. The Bertz CT molecular complexity index is 491. The molecule has 1 unspecified atom stereocenters. The van der Waals surface area contributed by atoms with Gasteiger partial charge in [0.2, 0.25) is 0 Å². The fourth-order valence-electron chi connectivity index (χ4n) is 1.78. The normalized spacial score (nSPS) is 16.5. The Morgan fingerprint density at radius 3 is 3.05 bits per heavy atom. The van der Waals surface area contributed by atoms with Crippen molar-refractivity contribution in [3.63, 3.8) is 0 Å². The second kappa shape index (κ2) is 6.76. The van der Waals surface area contributed by atoms with E-state index in [1.807, 2.05) is 18.2 Å². The number of amides is 1. The molecule has 0 saturated heterocycles. The van der Waals surface area contributed by atoms with Gasteiger partial charge in [-0.3, -0.25) is 4.79 Å². The van der Waals surface area contributed by atoms with E-state index in [0.717, 1.165) is 5.69 Å². The summed E-state index contributed by atoms with van der Waals surface area (Å²) in [7, 11) is 0. The minimum atomic E-state index is -1.03. The van der Waals surface area contributed by atoms with Crippen LogP contribution in [0.1, 0.15) is 0 Å². The summed E-state index contributed by atoms with van der Waals surface area (Å²) < 4.78 is 10.4. The second-order valence-corrected chi connectivity index (χ2v) is 4.22. The van der Waals surface area contributed by atoms with Crippen LogP contribution in [-0.4, -0.2) is 49.4 Å². The van der Waals surface area contributed by atoms with Crippen LogP contribution >= 0.6 is 0 Å². The molecule has 1 aromatic carbocycles. The lowest BCUT2D eigenvalue weighted by atomic mass is 10.2. The number of carbonyl (C=O) groups is 2. The number of hydrogen-bond acceptors (Lipinski definition) is 5.